The van der Waals surface area contributed by atoms with Gasteiger partial charge in [-0.2, -0.15) is 0 Å². The van der Waals surface area contributed by atoms with Crippen molar-refractivity contribution in [1.82, 2.24) is 4.90 Å². The number of hydrogen-bond acceptors (Lipinski definition) is 3. The Labute approximate surface area is 67.3 Å². The molecule has 0 aromatic carbocycles. The number of rotatable bonds is 1. The number of aliphatic hydroxyl groups excluding tert-OH is 1. The van der Waals surface area contributed by atoms with E-state index in [2.05, 4.69) is 11.5 Å². The van der Waals surface area contributed by atoms with Gasteiger partial charge in [0.2, 0.25) is 0 Å². The van der Waals surface area contributed by atoms with E-state index in [1.807, 2.05) is 14.1 Å². The second kappa shape index (κ2) is 3.24. The summed E-state index contributed by atoms with van der Waals surface area (Å²) < 4.78 is 5.00. The molecule has 3 nitrogen and oxygen atoms in total. The zero-order valence-corrected chi connectivity index (χ0v) is 7.08. The lowest BCUT2D eigenvalue weighted by Crippen LogP contribution is -2.37. The standard InChI is InChI=1S/C8H15NO2/c1-6-4-7(9(2)3)5-8(10)11-6/h7-8,10H,1,4-5H2,2-3H3/t7-,8?/m0/s1. The smallest absolute Gasteiger partial charge is 0.198 e. The average molecular weight is 157 g/mol. The Hall–Kier alpha value is -0.540. The van der Waals surface area contributed by atoms with Crippen LogP contribution in [0, 0.1) is 0 Å². The molecule has 0 radical (unpaired) electrons. The zero-order valence-electron chi connectivity index (χ0n) is 7.08. The molecule has 0 aromatic rings. The van der Waals surface area contributed by atoms with E-state index in [1.54, 1.807) is 0 Å². The van der Waals surface area contributed by atoms with Crippen molar-refractivity contribution < 1.29 is 9.84 Å². The van der Waals surface area contributed by atoms with E-state index in [0.29, 0.717) is 18.2 Å². The molecule has 1 fully saturated rings. The molecule has 0 saturated carbocycles. The van der Waals surface area contributed by atoms with Crippen LogP contribution in [-0.4, -0.2) is 36.4 Å². The molecule has 1 unspecified atom stereocenters. The van der Waals surface area contributed by atoms with Crippen LogP contribution in [0.2, 0.25) is 0 Å². The fourth-order valence-corrected chi connectivity index (χ4v) is 1.26. The van der Waals surface area contributed by atoms with Crippen molar-refractivity contribution in [2.45, 2.75) is 25.2 Å². The van der Waals surface area contributed by atoms with E-state index in [0.717, 1.165) is 6.42 Å². The summed E-state index contributed by atoms with van der Waals surface area (Å²) in [6, 6.07) is 0.367. The van der Waals surface area contributed by atoms with E-state index in [-0.39, 0.29) is 0 Å². The maximum atomic E-state index is 9.19. The van der Waals surface area contributed by atoms with Gasteiger partial charge in [-0.25, -0.2) is 0 Å². The van der Waals surface area contributed by atoms with E-state index < -0.39 is 6.29 Å². The van der Waals surface area contributed by atoms with Crippen molar-refractivity contribution in [3.63, 3.8) is 0 Å². The van der Waals surface area contributed by atoms with Crippen LogP contribution in [0.25, 0.3) is 0 Å². The lowest BCUT2D eigenvalue weighted by Gasteiger charge is -2.32. The minimum Gasteiger partial charge on any atom is -0.470 e. The van der Waals surface area contributed by atoms with Crippen LogP contribution in [-0.2, 0) is 4.74 Å². The van der Waals surface area contributed by atoms with Gasteiger partial charge in [-0.05, 0) is 14.1 Å². The SMILES string of the molecule is C=C1C[C@H](N(C)C)CC(O)O1. The number of ether oxygens (including phenoxy) is 1. The molecule has 1 saturated heterocycles. The molecular weight excluding hydrogens is 142 g/mol. The first-order valence-corrected chi connectivity index (χ1v) is 3.78. The first-order chi connectivity index (χ1) is 5.09. The molecule has 3 heteroatoms. The van der Waals surface area contributed by atoms with Crippen LogP contribution >= 0.6 is 0 Å². The molecule has 1 heterocycles. The summed E-state index contributed by atoms with van der Waals surface area (Å²) in [5.41, 5.74) is 0. The van der Waals surface area contributed by atoms with Gasteiger partial charge in [0.05, 0.1) is 5.76 Å². The Morgan fingerprint density at radius 2 is 2.27 bits per heavy atom. The van der Waals surface area contributed by atoms with Crippen molar-refractivity contribution in [2.24, 2.45) is 0 Å². The largest absolute Gasteiger partial charge is 0.470 e. The van der Waals surface area contributed by atoms with Crippen molar-refractivity contribution in [2.75, 3.05) is 14.1 Å². The van der Waals surface area contributed by atoms with Crippen LogP contribution in [0.15, 0.2) is 12.3 Å². The molecule has 0 bridgehead atoms. The van der Waals surface area contributed by atoms with Crippen LogP contribution in [0.1, 0.15) is 12.8 Å². The summed E-state index contributed by atoms with van der Waals surface area (Å²) in [6.45, 7) is 3.69. The second-order valence-corrected chi connectivity index (χ2v) is 3.17. The number of aliphatic hydroxyl groups is 1. The summed E-state index contributed by atoms with van der Waals surface area (Å²) in [5.74, 6) is 0.683. The minimum absolute atomic E-state index is 0.367. The lowest BCUT2D eigenvalue weighted by atomic mass is 10.1. The normalized spacial score (nSPS) is 32.2. The predicted molar refractivity (Wildman–Crippen MR) is 42.9 cm³/mol. The Morgan fingerprint density at radius 3 is 2.73 bits per heavy atom. The highest BCUT2D eigenvalue weighted by Gasteiger charge is 2.24. The molecule has 0 amide bonds. The molecule has 1 aliphatic rings. The van der Waals surface area contributed by atoms with Gasteiger partial charge < -0.3 is 14.7 Å². The lowest BCUT2D eigenvalue weighted by molar-refractivity contribution is -0.105. The first-order valence-electron chi connectivity index (χ1n) is 3.78. The molecule has 0 aliphatic carbocycles. The van der Waals surface area contributed by atoms with Gasteiger partial charge in [0.15, 0.2) is 6.29 Å². The summed E-state index contributed by atoms with van der Waals surface area (Å²) >= 11 is 0. The highest BCUT2D eigenvalue weighted by Crippen LogP contribution is 2.22. The average Bonchev–Trinajstić information content (AvgIpc) is 1.85. The van der Waals surface area contributed by atoms with Crippen LogP contribution < -0.4 is 0 Å². The quantitative estimate of drug-likeness (QED) is 0.603. The maximum absolute atomic E-state index is 9.19. The fourth-order valence-electron chi connectivity index (χ4n) is 1.26. The summed E-state index contributed by atoms with van der Waals surface area (Å²) in [5, 5.41) is 9.19. The zero-order chi connectivity index (χ0) is 8.43. The maximum Gasteiger partial charge on any atom is 0.198 e. The van der Waals surface area contributed by atoms with E-state index >= 15 is 0 Å². The van der Waals surface area contributed by atoms with E-state index in [4.69, 9.17) is 4.74 Å². The molecule has 1 rings (SSSR count). The molecule has 0 spiro atoms. The predicted octanol–water partition coefficient (Wildman–Crippen LogP) is 0.559. The van der Waals surface area contributed by atoms with Gasteiger partial charge >= 0.3 is 0 Å². The molecule has 0 aromatic heterocycles. The van der Waals surface area contributed by atoms with E-state index in [9.17, 15) is 5.11 Å². The third-order valence-corrected chi connectivity index (χ3v) is 1.97. The molecule has 1 aliphatic heterocycles. The van der Waals surface area contributed by atoms with Gasteiger partial charge in [-0.3, -0.25) is 0 Å². The van der Waals surface area contributed by atoms with Gasteiger partial charge in [-0.1, -0.05) is 6.58 Å². The van der Waals surface area contributed by atoms with Gasteiger partial charge in [0.25, 0.3) is 0 Å². The van der Waals surface area contributed by atoms with Gasteiger partial charge in [-0.15, -0.1) is 0 Å². The Balaban J connectivity index is 2.49. The van der Waals surface area contributed by atoms with Crippen LogP contribution in [0.3, 0.4) is 0 Å². The molecule has 11 heavy (non-hydrogen) atoms. The second-order valence-electron chi connectivity index (χ2n) is 3.17. The molecular formula is C8H15NO2. The molecule has 1 N–H and O–H groups in total. The summed E-state index contributed by atoms with van der Waals surface area (Å²) in [6.07, 6.45) is 0.833. The molecule has 64 valence electrons. The minimum atomic E-state index is -0.663. The van der Waals surface area contributed by atoms with E-state index in [1.165, 1.54) is 0 Å². The van der Waals surface area contributed by atoms with Crippen LogP contribution in [0.4, 0.5) is 0 Å². The Bertz CT molecular complexity index is 156. The summed E-state index contributed by atoms with van der Waals surface area (Å²) in [7, 11) is 3.99. The van der Waals surface area contributed by atoms with Gasteiger partial charge in [0, 0.05) is 18.9 Å². The first kappa shape index (κ1) is 8.56. The van der Waals surface area contributed by atoms with Crippen molar-refractivity contribution in [3.05, 3.63) is 12.3 Å². The molecule has 2 atom stereocenters. The fraction of sp³-hybridized carbons (Fsp3) is 0.750. The third-order valence-electron chi connectivity index (χ3n) is 1.97. The highest BCUT2D eigenvalue weighted by molar-refractivity contribution is 4.93. The monoisotopic (exact) mass is 157 g/mol. The van der Waals surface area contributed by atoms with Crippen molar-refractivity contribution in [3.8, 4) is 0 Å². The van der Waals surface area contributed by atoms with Gasteiger partial charge in [0.1, 0.15) is 0 Å². The van der Waals surface area contributed by atoms with Crippen molar-refractivity contribution in [1.29, 1.82) is 0 Å². The van der Waals surface area contributed by atoms with Crippen molar-refractivity contribution >= 4 is 0 Å². The third kappa shape index (κ3) is 2.20. The summed E-state index contributed by atoms with van der Waals surface area (Å²) in [4.78, 5) is 2.08. The highest BCUT2D eigenvalue weighted by atomic mass is 16.6. The Kier molecular flexibility index (Phi) is 2.52. The number of nitrogens with zero attached hydrogens (tertiary/aromatic N) is 1. The van der Waals surface area contributed by atoms with Crippen LogP contribution in [0.5, 0.6) is 0 Å². The Morgan fingerprint density at radius 1 is 1.64 bits per heavy atom. The number of hydrogen-bond donors (Lipinski definition) is 1. The topological polar surface area (TPSA) is 32.7 Å².